The van der Waals surface area contributed by atoms with Crippen LogP contribution in [-0.2, 0) is 0 Å². The van der Waals surface area contributed by atoms with Crippen molar-refractivity contribution in [3.63, 3.8) is 0 Å². The van der Waals surface area contributed by atoms with Crippen molar-refractivity contribution >= 4 is 70.8 Å². The fraction of sp³-hybridized carbons (Fsp3) is 0. The van der Waals surface area contributed by atoms with Gasteiger partial charge in [0.2, 0.25) is 0 Å². The summed E-state index contributed by atoms with van der Waals surface area (Å²) in [6.07, 6.45) is 0. The van der Waals surface area contributed by atoms with Gasteiger partial charge in [-0.1, -0.05) is 103 Å². The van der Waals surface area contributed by atoms with E-state index in [2.05, 4.69) is 59.4 Å². The number of hydrogen-bond acceptors (Lipinski definition) is 3. The molecule has 0 aliphatic rings. The predicted molar refractivity (Wildman–Crippen MR) is 171 cm³/mol. The molecule has 8 aromatic carbocycles. The second-order valence-electron chi connectivity index (χ2n) is 10.7. The first-order chi connectivity index (χ1) is 20.8. The predicted octanol–water partition coefficient (Wildman–Crippen LogP) is 10.0. The molecule has 0 saturated carbocycles. The van der Waals surface area contributed by atoms with Gasteiger partial charge in [0.15, 0.2) is 5.69 Å². The van der Waals surface area contributed by atoms with Gasteiger partial charge in [0.1, 0.15) is 0 Å². The number of fused-ring (bicyclic) bond motifs is 6. The summed E-state index contributed by atoms with van der Waals surface area (Å²) in [7, 11) is 0. The first kappa shape index (κ1) is 22.7. The van der Waals surface area contributed by atoms with Crippen LogP contribution in [0.2, 0.25) is 0 Å². The van der Waals surface area contributed by atoms with Crippen LogP contribution in [0.4, 0.5) is 5.69 Å². The molecule has 0 atom stereocenters. The Hall–Kier alpha value is -6.10. The topological polar surface area (TPSA) is 53.9 Å². The lowest BCUT2D eigenvalue weighted by molar-refractivity contribution is 1.46. The quantitative estimate of drug-likeness (QED) is 0.209. The van der Waals surface area contributed by atoms with E-state index in [0.29, 0.717) is 11.3 Å². The Morgan fingerprint density at radius 1 is 0.500 bits per heavy atom. The summed E-state index contributed by atoms with van der Waals surface area (Å²) in [6.45, 7) is 7.94. The molecular formula is C38H18N4. The molecule has 0 N–H and O–H groups in total. The number of hydrogen-bond donors (Lipinski definition) is 0. The van der Waals surface area contributed by atoms with Crippen LogP contribution >= 0.6 is 0 Å². The molecule has 190 valence electrons. The zero-order valence-electron chi connectivity index (χ0n) is 22.2. The van der Waals surface area contributed by atoms with Crippen molar-refractivity contribution in [3.05, 3.63) is 126 Å². The van der Waals surface area contributed by atoms with E-state index in [9.17, 15) is 5.26 Å². The zero-order valence-corrected chi connectivity index (χ0v) is 22.2. The molecule has 0 bridgehead atoms. The summed E-state index contributed by atoms with van der Waals surface area (Å²) < 4.78 is 0. The third-order valence-electron chi connectivity index (χ3n) is 8.63. The van der Waals surface area contributed by atoms with Crippen LogP contribution in [0.15, 0.2) is 109 Å². The summed E-state index contributed by atoms with van der Waals surface area (Å²) >= 11 is 0. The lowest BCUT2D eigenvalue weighted by atomic mass is 9.93. The number of benzene rings is 6. The first-order valence-corrected chi connectivity index (χ1v) is 13.8. The maximum atomic E-state index is 10.1. The maximum Gasteiger partial charge on any atom is 0.195 e. The Labute approximate surface area is 240 Å². The molecule has 0 radical (unpaired) electrons. The van der Waals surface area contributed by atoms with E-state index in [4.69, 9.17) is 16.5 Å². The van der Waals surface area contributed by atoms with E-state index in [1.807, 2.05) is 60.7 Å². The standard InChI is InChI=1S/C38H18N4/c1-40-30-19-18-29-33-28(17-15-25(34(30)33)22-10-6-3-7-11-22)37-38(29)42-36-27-16-14-24(21-8-4-2-5-9-21)31-23(20-39)12-13-26(32(27)31)35(36)41-37/h2-19H. The van der Waals surface area contributed by atoms with Gasteiger partial charge in [-0.05, 0) is 39.1 Å². The van der Waals surface area contributed by atoms with E-state index >= 15 is 0 Å². The van der Waals surface area contributed by atoms with Gasteiger partial charge in [0, 0.05) is 32.3 Å². The summed E-state index contributed by atoms with van der Waals surface area (Å²) in [6, 6.07) is 39.2. The number of aromatic nitrogens is 2. The van der Waals surface area contributed by atoms with Crippen molar-refractivity contribution < 1.29 is 0 Å². The van der Waals surface area contributed by atoms with Crippen molar-refractivity contribution in [1.82, 2.24) is 9.97 Å². The van der Waals surface area contributed by atoms with Crippen molar-refractivity contribution in [2.45, 2.75) is 0 Å². The normalized spacial score (nSPS) is 11.8. The number of rotatable bonds is 2. The molecule has 0 aliphatic carbocycles. The molecular weight excluding hydrogens is 512 g/mol. The third kappa shape index (κ3) is 2.83. The molecule has 9 rings (SSSR count). The van der Waals surface area contributed by atoms with Gasteiger partial charge < -0.3 is 0 Å². The van der Waals surface area contributed by atoms with E-state index in [1.54, 1.807) is 0 Å². The minimum absolute atomic E-state index is 0.627. The Morgan fingerprint density at radius 3 is 1.45 bits per heavy atom. The van der Waals surface area contributed by atoms with Gasteiger partial charge in [-0.25, -0.2) is 14.8 Å². The molecule has 0 amide bonds. The monoisotopic (exact) mass is 530 g/mol. The highest BCUT2D eigenvalue weighted by molar-refractivity contribution is 6.36. The average molecular weight is 531 g/mol. The highest BCUT2D eigenvalue weighted by Crippen LogP contribution is 2.47. The van der Waals surface area contributed by atoms with E-state index in [1.165, 1.54) is 0 Å². The molecule has 0 spiro atoms. The fourth-order valence-electron chi connectivity index (χ4n) is 6.85. The van der Waals surface area contributed by atoms with E-state index in [0.717, 1.165) is 87.4 Å². The minimum Gasteiger partial charge on any atom is -0.243 e. The molecule has 4 nitrogen and oxygen atoms in total. The molecule has 0 fully saturated rings. The van der Waals surface area contributed by atoms with Gasteiger partial charge >= 0.3 is 0 Å². The second-order valence-corrected chi connectivity index (χ2v) is 10.7. The average Bonchev–Trinajstić information content (AvgIpc) is 3.55. The lowest BCUT2D eigenvalue weighted by Crippen LogP contribution is -1.86. The van der Waals surface area contributed by atoms with Gasteiger partial charge in [0.05, 0.1) is 40.3 Å². The smallest absolute Gasteiger partial charge is 0.195 e. The van der Waals surface area contributed by atoms with Gasteiger partial charge in [0.25, 0.3) is 0 Å². The van der Waals surface area contributed by atoms with Crippen molar-refractivity contribution in [1.29, 1.82) is 5.26 Å². The molecule has 0 unspecified atom stereocenters. The molecule has 9 aromatic rings. The Bertz CT molecular complexity index is 2390. The maximum absolute atomic E-state index is 10.1. The van der Waals surface area contributed by atoms with Gasteiger partial charge in [-0.3, -0.25) is 0 Å². The van der Waals surface area contributed by atoms with E-state index in [-0.39, 0.29) is 0 Å². The van der Waals surface area contributed by atoms with Crippen molar-refractivity contribution in [2.75, 3.05) is 0 Å². The Morgan fingerprint density at radius 2 is 0.952 bits per heavy atom. The summed E-state index contributed by atoms with van der Waals surface area (Å²) in [4.78, 5) is 14.5. The minimum atomic E-state index is 0.627. The highest BCUT2D eigenvalue weighted by atomic mass is 14.8. The Kier molecular flexibility index (Phi) is 4.43. The molecule has 1 aromatic heterocycles. The molecule has 0 aliphatic heterocycles. The van der Waals surface area contributed by atoms with Crippen LogP contribution in [0.1, 0.15) is 5.56 Å². The molecule has 42 heavy (non-hydrogen) atoms. The first-order valence-electron chi connectivity index (χ1n) is 13.8. The second kappa shape index (κ2) is 8.21. The summed E-state index contributed by atoms with van der Waals surface area (Å²) in [5.74, 6) is 0. The van der Waals surface area contributed by atoms with Crippen LogP contribution in [-0.4, -0.2) is 9.97 Å². The Balaban J connectivity index is 1.44. The van der Waals surface area contributed by atoms with Crippen molar-refractivity contribution in [3.8, 4) is 28.3 Å². The largest absolute Gasteiger partial charge is 0.243 e. The zero-order chi connectivity index (χ0) is 27.9. The molecule has 4 heteroatoms. The van der Waals surface area contributed by atoms with Crippen molar-refractivity contribution in [2.24, 2.45) is 0 Å². The highest BCUT2D eigenvalue weighted by Gasteiger charge is 2.23. The van der Waals surface area contributed by atoms with E-state index < -0.39 is 0 Å². The van der Waals surface area contributed by atoms with Gasteiger partial charge in [-0.15, -0.1) is 0 Å². The summed E-state index contributed by atoms with van der Waals surface area (Å²) in [5.41, 5.74) is 8.83. The number of nitrogens with zero attached hydrogens (tertiary/aromatic N) is 4. The lowest BCUT2D eigenvalue weighted by Gasteiger charge is -2.10. The van der Waals surface area contributed by atoms with Crippen LogP contribution < -0.4 is 0 Å². The van der Waals surface area contributed by atoms with Crippen LogP contribution in [0.5, 0.6) is 0 Å². The van der Waals surface area contributed by atoms with Gasteiger partial charge in [-0.2, -0.15) is 5.26 Å². The van der Waals surface area contributed by atoms with Crippen LogP contribution in [0.3, 0.4) is 0 Å². The third-order valence-corrected chi connectivity index (χ3v) is 8.63. The van der Waals surface area contributed by atoms with Crippen LogP contribution in [0.25, 0.3) is 92.3 Å². The SMILES string of the molecule is [C-]#[N+]c1ccc2c3nc4c5ccc(-c6ccccc6)c6c(C#N)ccc(c4nc3c3ccc(-c4ccccc4)c1c23)c65. The van der Waals surface area contributed by atoms with Crippen LogP contribution in [0, 0.1) is 17.9 Å². The summed E-state index contributed by atoms with van der Waals surface area (Å²) in [5, 5.41) is 18.0. The molecule has 1 heterocycles. The fourth-order valence-corrected chi connectivity index (χ4v) is 6.85. The number of nitriles is 1. The molecule has 0 saturated heterocycles.